The molecular formula is C6H10O3S2. The number of ether oxygens (including phenoxy) is 1. The van der Waals surface area contributed by atoms with Gasteiger partial charge in [-0.3, -0.25) is 9.59 Å². The number of esters is 2. The van der Waals surface area contributed by atoms with E-state index < -0.39 is 11.9 Å². The van der Waals surface area contributed by atoms with Crippen molar-refractivity contribution in [2.45, 2.75) is 12.8 Å². The zero-order valence-electron chi connectivity index (χ0n) is 5.95. The molecule has 0 amide bonds. The average Bonchev–Trinajstić information content (AvgIpc) is 1.87. The topological polar surface area (TPSA) is 43.4 Å². The zero-order valence-corrected chi connectivity index (χ0v) is 7.74. The average molecular weight is 194 g/mol. The fraction of sp³-hybridized carbons (Fsp3) is 0.667. The Morgan fingerprint density at radius 1 is 1.00 bits per heavy atom. The summed E-state index contributed by atoms with van der Waals surface area (Å²) in [6, 6.07) is 0. The third kappa shape index (κ3) is 6.25. The summed E-state index contributed by atoms with van der Waals surface area (Å²) in [5, 5.41) is 0. The van der Waals surface area contributed by atoms with Gasteiger partial charge in [-0.25, -0.2) is 0 Å². The lowest BCUT2D eigenvalue weighted by molar-refractivity contribution is -0.158. The molecule has 0 aliphatic heterocycles. The summed E-state index contributed by atoms with van der Waals surface area (Å²) in [7, 11) is 0. The molecule has 0 rings (SSSR count). The predicted octanol–water partition coefficient (Wildman–Crippen LogP) is 0.696. The van der Waals surface area contributed by atoms with Gasteiger partial charge in [0.2, 0.25) is 0 Å². The Hall–Kier alpha value is -0.160. The normalized spacial score (nSPS) is 9.27. The lowest BCUT2D eigenvalue weighted by Gasteiger charge is -1.98. The molecule has 0 heterocycles. The van der Waals surface area contributed by atoms with Crippen LogP contribution in [0, 0.1) is 0 Å². The van der Waals surface area contributed by atoms with Crippen LogP contribution in [0.5, 0.6) is 0 Å². The van der Waals surface area contributed by atoms with Crippen LogP contribution in [0.25, 0.3) is 0 Å². The van der Waals surface area contributed by atoms with E-state index in [1.807, 2.05) is 0 Å². The van der Waals surface area contributed by atoms with Crippen molar-refractivity contribution >= 4 is 37.2 Å². The second kappa shape index (κ2) is 6.54. The number of hydrogen-bond acceptors (Lipinski definition) is 5. The van der Waals surface area contributed by atoms with Crippen LogP contribution in [0.4, 0.5) is 0 Å². The molecule has 11 heavy (non-hydrogen) atoms. The minimum atomic E-state index is -0.521. The third-order valence-corrected chi connectivity index (χ3v) is 1.31. The summed E-state index contributed by atoms with van der Waals surface area (Å²) in [6.45, 7) is 0. The van der Waals surface area contributed by atoms with Gasteiger partial charge in [-0.05, 0) is 0 Å². The van der Waals surface area contributed by atoms with Gasteiger partial charge >= 0.3 is 11.9 Å². The maximum absolute atomic E-state index is 10.6. The van der Waals surface area contributed by atoms with Crippen LogP contribution in [0.2, 0.25) is 0 Å². The van der Waals surface area contributed by atoms with E-state index in [0.717, 1.165) is 0 Å². The molecule has 0 fully saturated rings. The minimum absolute atomic E-state index is 0.168. The standard InChI is InChI=1S/C6H10O3S2/c7-5(1-3-10)9-6(8)2-4-11/h10-11H,1-4H2. The highest BCUT2D eigenvalue weighted by atomic mass is 32.1. The van der Waals surface area contributed by atoms with Gasteiger partial charge in [0.1, 0.15) is 0 Å². The molecule has 3 nitrogen and oxygen atoms in total. The van der Waals surface area contributed by atoms with Crippen LogP contribution in [-0.4, -0.2) is 23.4 Å². The van der Waals surface area contributed by atoms with Gasteiger partial charge in [-0.2, -0.15) is 25.3 Å². The molecule has 0 atom stereocenters. The quantitative estimate of drug-likeness (QED) is 0.393. The minimum Gasteiger partial charge on any atom is -0.393 e. The molecule has 0 aromatic heterocycles. The summed E-state index contributed by atoms with van der Waals surface area (Å²) in [6.07, 6.45) is 0.336. The Balaban J connectivity index is 3.49. The van der Waals surface area contributed by atoms with E-state index in [4.69, 9.17) is 0 Å². The summed E-state index contributed by atoms with van der Waals surface area (Å²) < 4.78 is 4.36. The molecule has 0 aromatic carbocycles. The van der Waals surface area contributed by atoms with E-state index in [1.54, 1.807) is 0 Å². The van der Waals surface area contributed by atoms with Crippen molar-refractivity contribution < 1.29 is 14.3 Å². The monoisotopic (exact) mass is 194 g/mol. The third-order valence-electron chi connectivity index (χ3n) is 0.860. The Morgan fingerprint density at radius 2 is 1.36 bits per heavy atom. The second-order valence-corrected chi connectivity index (χ2v) is 2.69. The predicted molar refractivity (Wildman–Crippen MR) is 48.0 cm³/mol. The van der Waals surface area contributed by atoms with E-state index in [2.05, 4.69) is 30.0 Å². The van der Waals surface area contributed by atoms with Crippen LogP contribution >= 0.6 is 25.3 Å². The Morgan fingerprint density at radius 3 is 1.64 bits per heavy atom. The van der Waals surface area contributed by atoms with Crippen LogP contribution < -0.4 is 0 Å². The zero-order chi connectivity index (χ0) is 8.69. The lowest BCUT2D eigenvalue weighted by Crippen LogP contribution is -2.12. The molecule has 0 aliphatic carbocycles. The van der Waals surface area contributed by atoms with Gasteiger partial charge in [0.15, 0.2) is 0 Å². The summed E-state index contributed by atoms with van der Waals surface area (Å²) in [5.74, 6) is -0.251. The van der Waals surface area contributed by atoms with Crippen LogP contribution in [0.15, 0.2) is 0 Å². The van der Waals surface area contributed by atoms with Crippen molar-refractivity contribution in [2.75, 3.05) is 11.5 Å². The summed E-state index contributed by atoms with van der Waals surface area (Å²) >= 11 is 7.61. The fourth-order valence-corrected chi connectivity index (χ4v) is 0.777. The van der Waals surface area contributed by atoms with Crippen molar-refractivity contribution in [2.24, 2.45) is 0 Å². The number of rotatable bonds is 4. The van der Waals surface area contributed by atoms with Crippen molar-refractivity contribution in [3.63, 3.8) is 0 Å². The molecule has 0 aliphatic rings. The van der Waals surface area contributed by atoms with Crippen molar-refractivity contribution in [3.8, 4) is 0 Å². The first-order valence-corrected chi connectivity index (χ1v) is 4.42. The molecule has 64 valence electrons. The Kier molecular flexibility index (Phi) is 6.45. The second-order valence-electron chi connectivity index (χ2n) is 1.79. The van der Waals surface area contributed by atoms with Crippen molar-refractivity contribution in [1.29, 1.82) is 0 Å². The lowest BCUT2D eigenvalue weighted by atomic mass is 10.5. The Labute approximate surface area is 76.3 Å². The van der Waals surface area contributed by atoms with Gasteiger partial charge in [0.05, 0.1) is 12.8 Å². The maximum Gasteiger partial charge on any atom is 0.314 e. The largest absolute Gasteiger partial charge is 0.393 e. The molecule has 0 bridgehead atoms. The van der Waals surface area contributed by atoms with Gasteiger partial charge in [-0.1, -0.05) is 0 Å². The number of carbonyl (C=O) groups excluding carboxylic acids is 2. The SMILES string of the molecule is O=C(CCS)OC(=O)CCS. The van der Waals surface area contributed by atoms with Crippen LogP contribution in [0.1, 0.15) is 12.8 Å². The summed E-state index contributed by atoms with van der Waals surface area (Å²) in [4.78, 5) is 21.2. The molecule has 5 heteroatoms. The molecule has 0 aromatic rings. The molecule has 0 saturated heterocycles. The van der Waals surface area contributed by atoms with E-state index in [0.29, 0.717) is 11.5 Å². The van der Waals surface area contributed by atoms with Crippen LogP contribution in [0.3, 0.4) is 0 Å². The van der Waals surface area contributed by atoms with Crippen LogP contribution in [-0.2, 0) is 14.3 Å². The van der Waals surface area contributed by atoms with E-state index in [9.17, 15) is 9.59 Å². The van der Waals surface area contributed by atoms with Crippen molar-refractivity contribution in [1.82, 2.24) is 0 Å². The smallest absolute Gasteiger partial charge is 0.314 e. The van der Waals surface area contributed by atoms with E-state index >= 15 is 0 Å². The first kappa shape index (κ1) is 10.8. The Bertz CT molecular complexity index is 131. The van der Waals surface area contributed by atoms with Gasteiger partial charge in [-0.15, -0.1) is 0 Å². The molecule has 0 saturated carbocycles. The number of hydrogen-bond donors (Lipinski definition) is 2. The number of thiol groups is 2. The van der Waals surface area contributed by atoms with Gasteiger partial charge in [0, 0.05) is 11.5 Å². The molecule has 0 spiro atoms. The fourth-order valence-electron chi connectivity index (χ4n) is 0.412. The maximum atomic E-state index is 10.6. The van der Waals surface area contributed by atoms with E-state index in [1.165, 1.54) is 0 Å². The first-order valence-electron chi connectivity index (χ1n) is 3.16. The van der Waals surface area contributed by atoms with Gasteiger partial charge in [0.25, 0.3) is 0 Å². The highest BCUT2D eigenvalue weighted by molar-refractivity contribution is 7.80. The molecule has 0 radical (unpaired) electrons. The highest BCUT2D eigenvalue weighted by Crippen LogP contribution is 1.93. The molecule has 0 unspecified atom stereocenters. The van der Waals surface area contributed by atoms with E-state index in [-0.39, 0.29) is 12.8 Å². The molecular weight excluding hydrogens is 184 g/mol. The number of carbonyl (C=O) groups is 2. The molecule has 0 N–H and O–H groups in total. The van der Waals surface area contributed by atoms with Crippen molar-refractivity contribution in [3.05, 3.63) is 0 Å². The first-order chi connectivity index (χ1) is 5.20. The summed E-state index contributed by atoms with van der Waals surface area (Å²) in [5.41, 5.74) is 0. The van der Waals surface area contributed by atoms with Gasteiger partial charge < -0.3 is 4.74 Å². The highest BCUT2D eigenvalue weighted by Gasteiger charge is 2.07.